The number of amides is 1. The van der Waals surface area contributed by atoms with Crippen LogP contribution in [0.2, 0.25) is 0 Å². The Morgan fingerprint density at radius 1 is 1.26 bits per heavy atom. The largest absolute Gasteiger partial charge is 0.274 e. The van der Waals surface area contributed by atoms with Crippen molar-refractivity contribution in [1.29, 1.82) is 0 Å². The van der Waals surface area contributed by atoms with Gasteiger partial charge < -0.3 is 0 Å². The van der Waals surface area contributed by atoms with Gasteiger partial charge >= 0.3 is 0 Å². The highest BCUT2D eigenvalue weighted by atomic mass is 32.2. The van der Waals surface area contributed by atoms with Crippen LogP contribution in [0.4, 0.5) is 0 Å². The Balaban J connectivity index is 2.57. The van der Waals surface area contributed by atoms with Crippen molar-refractivity contribution >= 4 is 15.9 Å². The highest BCUT2D eigenvalue weighted by Crippen LogP contribution is 2.10. The van der Waals surface area contributed by atoms with Crippen LogP contribution in [0.3, 0.4) is 0 Å². The molecule has 1 amide bonds. The third kappa shape index (κ3) is 5.70. The lowest BCUT2D eigenvalue weighted by atomic mass is 10.0. The van der Waals surface area contributed by atoms with Gasteiger partial charge in [-0.25, -0.2) is 8.42 Å². The SMILES string of the molecule is C=CCS(=O)(=O)NC(=O)CCc1cc(C)cc(C)c1. The van der Waals surface area contributed by atoms with Crippen LogP contribution in [-0.2, 0) is 21.2 Å². The molecule has 1 rings (SSSR count). The number of carbonyl (C=O) groups excluding carboxylic acids is 1. The fourth-order valence-corrected chi connectivity index (χ4v) is 2.74. The fraction of sp³-hybridized carbons (Fsp3) is 0.357. The van der Waals surface area contributed by atoms with Gasteiger partial charge in [-0.1, -0.05) is 35.4 Å². The molecule has 0 bridgehead atoms. The van der Waals surface area contributed by atoms with Crippen molar-refractivity contribution in [2.45, 2.75) is 26.7 Å². The van der Waals surface area contributed by atoms with E-state index in [1.807, 2.05) is 30.7 Å². The number of carbonyl (C=O) groups is 1. The topological polar surface area (TPSA) is 63.2 Å². The van der Waals surface area contributed by atoms with Gasteiger partial charge in [-0.2, -0.15) is 0 Å². The van der Waals surface area contributed by atoms with E-state index in [2.05, 4.69) is 12.6 Å². The first-order chi connectivity index (χ1) is 8.82. The maximum atomic E-state index is 11.6. The summed E-state index contributed by atoms with van der Waals surface area (Å²) < 4.78 is 24.7. The summed E-state index contributed by atoms with van der Waals surface area (Å²) in [5.41, 5.74) is 3.30. The lowest BCUT2D eigenvalue weighted by molar-refractivity contribution is -0.119. The summed E-state index contributed by atoms with van der Waals surface area (Å²) in [7, 11) is -3.57. The molecule has 0 aliphatic heterocycles. The molecule has 0 heterocycles. The summed E-state index contributed by atoms with van der Waals surface area (Å²) in [5, 5.41) is 0. The van der Waals surface area contributed by atoms with Crippen LogP contribution >= 0.6 is 0 Å². The van der Waals surface area contributed by atoms with Crippen molar-refractivity contribution in [2.75, 3.05) is 5.75 Å². The van der Waals surface area contributed by atoms with Crippen molar-refractivity contribution in [3.05, 3.63) is 47.5 Å². The van der Waals surface area contributed by atoms with Crippen molar-refractivity contribution < 1.29 is 13.2 Å². The van der Waals surface area contributed by atoms with Crippen LogP contribution in [0.5, 0.6) is 0 Å². The number of sulfonamides is 1. The number of hydrogen-bond donors (Lipinski definition) is 1. The Bertz CT molecular complexity index is 556. The molecule has 0 saturated carbocycles. The van der Waals surface area contributed by atoms with Crippen LogP contribution in [0.15, 0.2) is 30.9 Å². The fourth-order valence-electron chi connectivity index (χ4n) is 1.89. The van der Waals surface area contributed by atoms with Crippen LogP contribution in [-0.4, -0.2) is 20.1 Å². The number of benzene rings is 1. The van der Waals surface area contributed by atoms with E-state index in [9.17, 15) is 13.2 Å². The summed E-state index contributed by atoms with van der Waals surface area (Å²) in [4.78, 5) is 11.6. The van der Waals surface area contributed by atoms with Crippen molar-refractivity contribution in [3.8, 4) is 0 Å². The lowest BCUT2D eigenvalue weighted by Crippen LogP contribution is -2.32. The Labute approximate surface area is 114 Å². The van der Waals surface area contributed by atoms with Crippen LogP contribution < -0.4 is 4.72 Å². The summed E-state index contributed by atoms with van der Waals surface area (Å²) in [6.07, 6.45) is 1.93. The van der Waals surface area contributed by atoms with Gasteiger partial charge in [-0.3, -0.25) is 9.52 Å². The molecule has 5 heteroatoms. The van der Waals surface area contributed by atoms with E-state index in [0.29, 0.717) is 6.42 Å². The van der Waals surface area contributed by atoms with Crippen LogP contribution in [0.1, 0.15) is 23.1 Å². The van der Waals surface area contributed by atoms with Gasteiger partial charge in [0.05, 0.1) is 5.75 Å². The van der Waals surface area contributed by atoms with Crippen molar-refractivity contribution in [1.82, 2.24) is 4.72 Å². The Hall–Kier alpha value is -1.62. The highest BCUT2D eigenvalue weighted by molar-refractivity contribution is 7.90. The number of nitrogens with one attached hydrogen (secondary N) is 1. The number of hydrogen-bond acceptors (Lipinski definition) is 3. The maximum absolute atomic E-state index is 11.6. The summed E-state index contributed by atoms with van der Waals surface area (Å²) in [6.45, 7) is 7.32. The molecule has 0 aromatic heterocycles. The van der Waals surface area contributed by atoms with E-state index < -0.39 is 15.9 Å². The summed E-state index contributed by atoms with van der Waals surface area (Å²) >= 11 is 0. The molecular formula is C14H19NO3S. The molecule has 0 unspecified atom stereocenters. The third-order valence-electron chi connectivity index (χ3n) is 2.53. The van der Waals surface area contributed by atoms with E-state index in [-0.39, 0.29) is 12.2 Å². The van der Waals surface area contributed by atoms with Gasteiger partial charge in [-0.05, 0) is 25.8 Å². The molecular weight excluding hydrogens is 262 g/mol. The van der Waals surface area contributed by atoms with Gasteiger partial charge in [0.1, 0.15) is 0 Å². The minimum absolute atomic E-state index is 0.152. The van der Waals surface area contributed by atoms with Gasteiger partial charge in [0.2, 0.25) is 15.9 Å². The zero-order valence-electron chi connectivity index (χ0n) is 11.3. The molecule has 1 aromatic carbocycles. The number of rotatable bonds is 6. The lowest BCUT2D eigenvalue weighted by Gasteiger charge is -2.06. The number of aryl methyl sites for hydroxylation is 3. The average Bonchev–Trinajstić information content (AvgIpc) is 2.24. The van der Waals surface area contributed by atoms with Gasteiger partial charge in [0.15, 0.2) is 0 Å². The second-order valence-corrected chi connectivity index (χ2v) is 6.36. The molecule has 19 heavy (non-hydrogen) atoms. The van der Waals surface area contributed by atoms with Crippen molar-refractivity contribution in [2.24, 2.45) is 0 Å². The van der Waals surface area contributed by atoms with Crippen LogP contribution in [0.25, 0.3) is 0 Å². The second-order valence-electron chi connectivity index (χ2n) is 4.59. The predicted molar refractivity (Wildman–Crippen MR) is 76.4 cm³/mol. The molecule has 1 N–H and O–H groups in total. The normalized spacial score (nSPS) is 11.1. The van der Waals surface area contributed by atoms with Gasteiger partial charge in [-0.15, -0.1) is 6.58 Å². The zero-order valence-corrected chi connectivity index (χ0v) is 12.1. The third-order valence-corrected chi connectivity index (χ3v) is 3.74. The minimum Gasteiger partial charge on any atom is -0.274 e. The van der Waals surface area contributed by atoms with Gasteiger partial charge in [0, 0.05) is 6.42 Å². The highest BCUT2D eigenvalue weighted by Gasteiger charge is 2.12. The molecule has 0 spiro atoms. The summed E-state index contributed by atoms with van der Waals surface area (Å²) in [5.74, 6) is -0.733. The molecule has 104 valence electrons. The standard InChI is InChI=1S/C14H19NO3S/c1-4-7-19(17,18)15-14(16)6-5-13-9-11(2)8-12(3)10-13/h4,8-10H,1,5-7H2,2-3H3,(H,15,16). The van der Waals surface area contributed by atoms with E-state index in [1.54, 1.807) is 0 Å². The smallest absolute Gasteiger partial charge is 0.238 e. The van der Waals surface area contributed by atoms with E-state index in [0.717, 1.165) is 16.7 Å². The Morgan fingerprint density at radius 3 is 2.37 bits per heavy atom. The van der Waals surface area contributed by atoms with Crippen LogP contribution in [0, 0.1) is 13.8 Å². The monoisotopic (exact) mass is 281 g/mol. The second kappa shape index (κ2) is 6.52. The molecule has 0 radical (unpaired) electrons. The maximum Gasteiger partial charge on any atom is 0.238 e. The molecule has 0 saturated heterocycles. The van der Waals surface area contributed by atoms with Gasteiger partial charge in [0.25, 0.3) is 0 Å². The molecule has 0 aliphatic rings. The van der Waals surface area contributed by atoms with E-state index in [4.69, 9.17) is 0 Å². The van der Waals surface area contributed by atoms with E-state index in [1.165, 1.54) is 6.08 Å². The molecule has 4 nitrogen and oxygen atoms in total. The first-order valence-electron chi connectivity index (χ1n) is 6.04. The summed E-state index contributed by atoms with van der Waals surface area (Å²) in [6, 6.07) is 6.05. The predicted octanol–water partition coefficient (Wildman–Crippen LogP) is 1.87. The minimum atomic E-state index is -3.57. The molecule has 1 aromatic rings. The first-order valence-corrected chi connectivity index (χ1v) is 7.69. The Morgan fingerprint density at radius 2 is 1.84 bits per heavy atom. The first kappa shape index (κ1) is 15.4. The van der Waals surface area contributed by atoms with Crippen molar-refractivity contribution in [3.63, 3.8) is 0 Å². The molecule has 0 aliphatic carbocycles. The molecule has 0 fully saturated rings. The Kier molecular flexibility index (Phi) is 5.30. The molecule has 0 atom stereocenters. The quantitative estimate of drug-likeness (QED) is 0.810. The van der Waals surface area contributed by atoms with E-state index >= 15 is 0 Å². The zero-order chi connectivity index (χ0) is 14.5. The average molecular weight is 281 g/mol.